The minimum Gasteiger partial charge on any atom is -0.462 e. The van der Waals surface area contributed by atoms with Gasteiger partial charge in [0.1, 0.15) is 19.3 Å². The zero-order chi connectivity index (χ0) is 69.6. The summed E-state index contributed by atoms with van der Waals surface area (Å²) in [5, 5.41) is 10.6. The Morgan fingerprint density at radius 3 is 0.755 bits per heavy atom. The van der Waals surface area contributed by atoms with E-state index >= 15 is 0 Å². The Kier molecular flexibility index (Phi) is 63.1. The van der Waals surface area contributed by atoms with E-state index in [1.54, 1.807) is 0 Å². The molecule has 0 aliphatic carbocycles. The summed E-state index contributed by atoms with van der Waals surface area (Å²) in [6.45, 7) is 14.2. The van der Waals surface area contributed by atoms with E-state index in [-0.39, 0.29) is 25.7 Å². The summed E-state index contributed by atoms with van der Waals surface area (Å²) in [6, 6.07) is 0. The fraction of sp³-hybridized carbons (Fsp3) is 0.947. The van der Waals surface area contributed by atoms with E-state index < -0.39 is 97.5 Å². The van der Waals surface area contributed by atoms with Crippen LogP contribution in [-0.4, -0.2) is 96.7 Å². The van der Waals surface area contributed by atoms with Gasteiger partial charge < -0.3 is 33.8 Å². The lowest BCUT2D eigenvalue weighted by Crippen LogP contribution is -2.30. The molecule has 558 valence electrons. The van der Waals surface area contributed by atoms with Crippen LogP contribution in [0.2, 0.25) is 0 Å². The van der Waals surface area contributed by atoms with Crippen LogP contribution in [0.4, 0.5) is 0 Å². The number of esters is 4. The zero-order valence-electron chi connectivity index (χ0n) is 61.6. The highest BCUT2D eigenvalue weighted by molar-refractivity contribution is 7.47. The molecule has 94 heavy (non-hydrogen) atoms. The quantitative estimate of drug-likeness (QED) is 0.0222. The third-order valence-electron chi connectivity index (χ3n) is 18.0. The van der Waals surface area contributed by atoms with Gasteiger partial charge in [-0.05, 0) is 49.4 Å². The monoisotopic (exact) mass is 1380 g/mol. The van der Waals surface area contributed by atoms with Crippen molar-refractivity contribution in [3.63, 3.8) is 0 Å². The van der Waals surface area contributed by atoms with E-state index in [9.17, 15) is 43.2 Å². The van der Waals surface area contributed by atoms with Crippen molar-refractivity contribution in [1.29, 1.82) is 0 Å². The Morgan fingerprint density at radius 1 is 0.298 bits per heavy atom. The first-order valence-electron chi connectivity index (χ1n) is 38.8. The van der Waals surface area contributed by atoms with Gasteiger partial charge in [0.25, 0.3) is 0 Å². The maximum atomic E-state index is 13.1. The maximum absolute atomic E-state index is 13.1. The Bertz CT molecular complexity index is 1850. The molecule has 0 aliphatic heterocycles. The van der Waals surface area contributed by atoms with Crippen LogP contribution >= 0.6 is 15.6 Å². The van der Waals surface area contributed by atoms with Crippen molar-refractivity contribution in [2.24, 2.45) is 23.7 Å². The first-order valence-corrected chi connectivity index (χ1v) is 41.8. The molecule has 0 radical (unpaired) electrons. The number of hydrogen-bond donors (Lipinski definition) is 3. The Morgan fingerprint density at radius 2 is 0.511 bits per heavy atom. The van der Waals surface area contributed by atoms with Gasteiger partial charge in [-0.2, -0.15) is 0 Å². The third-order valence-corrected chi connectivity index (χ3v) is 19.9. The number of rotatable bonds is 72. The van der Waals surface area contributed by atoms with Crippen LogP contribution in [0.3, 0.4) is 0 Å². The Labute approximate surface area is 575 Å². The summed E-state index contributed by atoms with van der Waals surface area (Å²) >= 11 is 0. The van der Waals surface area contributed by atoms with E-state index in [4.69, 9.17) is 37.0 Å². The van der Waals surface area contributed by atoms with Crippen molar-refractivity contribution in [2.45, 2.75) is 395 Å². The van der Waals surface area contributed by atoms with E-state index in [2.05, 4.69) is 55.4 Å². The average Bonchev–Trinajstić information content (AvgIpc) is 1.12. The second-order valence-electron chi connectivity index (χ2n) is 28.5. The molecular weight excluding hydrogens is 1230 g/mol. The van der Waals surface area contributed by atoms with Crippen molar-refractivity contribution >= 4 is 39.5 Å². The molecule has 0 rings (SSSR count). The summed E-state index contributed by atoms with van der Waals surface area (Å²) in [5.41, 5.74) is 0. The molecule has 0 saturated carbocycles. The molecule has 19 heteroatoms. The molecule has 0 aromatic carbocycles. The number of aliphatic hydroxyl groups excluding tert-OH is 1. The predicted octanol–water partition coefficient (Wildman–Crippen LogP) is 21.7. The van der Waals surface area contributed by atoms with Gasteiger partial charge in [0, 0.05) is 25.7 Å². The first-order chi connectivity index (χ1) is 45.2. The van der Waals surface area contributed by atoms with Crippen molar-refractivity contribution < 1.29 is 80.2 Å². The number of phosphoric acid groups is 2. The largest absolute Gasteiger partial charge is 0.472 e. The van der Waals surface area contributed by atoms with E-state index in [0.29, 0.717) is 31.6 Å². The van der Waals surface area contributed by atoms with Gasteiger partial charge in [0.05, 0.1) is 26.4 Å². The number of ether oxygens (including phenoxy) is 4. The average molecular weight is 1380 g/mol. The van der Waals surface area contributed by atoms with Gasteiger partial charge in [-0.15, -0.1) is 0 Å². The Hall–Kier alpha value is -1.94. The molecule has 0 spiro atoms. The van der Waals surface area contributed by atoms with Crippen LogP contribution in [0.5, 0.6) is 0 Å². The highest BCUT2D eigenvalue weighted by Crippen LogP contribution is 2.45. The maximum Gasteiger partial charge on any atom is 0.472 e. The fourth-order valence-electron chi connectivity index (χ4n) is 11.3. The van der Waals surface area contributed by atoms with Gasteiger partial charge in [-0.25, -0.2) is 9.13 Å². The fourth-order valence-corrected chi connectivity index (χ4v) is 12.9. The second-order valence-corrected chi connectivity index (χ2v) is 31.4. The molecule has 0 aliphatic rings. The topological polar surface area (TPSA) is 237 Å². The molecular formula is C75H146O17P2. The number of phosphoric ester groups is 2. The first kappa shape index (κ1) is 92.1. The molecule has 0 fully saturated rings. The molecule has 0 heterocycles. The summed E-state index contributed by atoms with van der Waals surface area (Å²) in [4.78, 5) is 72.8. The smallest absolute Gasteiger partial charge is 0.462 e. The van der Waals surface area contributed by atoms with Gasteiger partial charge >= 0.3 is 39.5 Å². The summed E-state index contributed by atoms with van der Waals surface area (Å²) in [6.07, 6.45) is 48.5. The molecule has 5 unspecified atom stereocenters. The number of carbonyl (C=O) groups excluding carboxylic acids is 4. The summed E-state index contributed by atoms with van der Waals surface area (Å²) in [7, 11) is -9.91. The number of hydrogen-bond acceptors (Lipinski definition) is 15. The molecule has 0 aromatic rings. The van der Waals surface area contributed by atoms with Crippen LogP contribution in [0.25, 0.3) is 0 Å². The molecule has 3 N–H and O–H groups in total. The van der Waals surface area contributed by atoms with Crippen molar-refractivity contribution in [1.82, 2.24) is 0 Å². The van der Waals surface area contributed by atoms with Crippen LogP contribution in [0, 0.1) is 23.7 Å². The minimum absolute atomic E-state index is 0.104. The van der Waals surface area contributed by atoms with Gasteiger partial charge in [0.2, 0.25) is 0 Å². The highest BCUT2D eigenvalue weighted by Gasteiger charge is 2.30. The van der Waals surface area contributed by atoms with Crippen LogP contribution in [-0.2, 0) is 65.4 Å². The second kappa shape index (κ2) is 64.4. The number of aliphatic hydroxyl groups is 1. The highest BCUT2D eigenvalue weighted by atomic mass is 31.2. The third kappa shape index (κ3) is 66.0. The van der Waals surface area contributed by atoms with E-state index in [1.165, 1.54) is 173 Å². The summed E-state index contributed by atoms with van der Waals surface area (Å²) < 4.78 is 68.5. The van der Waals surface area contributed by atoms with Crippen molar-refractivity contribution in [2.75, 3.05) is 39.6 Å². The lowest BCUT2D eigenvalue weighted by molar-refractivity contribution is -0.161. The molecule has 0 aromatic heterocycles. The number of carbonyl (C=O) groups is 4. The lowest BCUT2D eigenvalue weighted by Gasteiger charge is -2.21. The minimum atomic E-state index is -4.96. The lowest BCUT2D eigenvalue weighted by atomic mass is 9.99. The van der Waals surface area contributed by atoms with Crippen LogP contribution < -0.4 is 0 Å². The molecule has 0 bridgehead atoms. The van der Waals surface area contributed by atoms with Crippen molar-refractivity contribution in [3.8, 4) is 0 Å². The zero-order valence-corrected chi connectivity index (χ0v) is 63.4. The van der Waals surface area contributed by atoms with Gasteiger partial charge in [-0.3, -0.25) is 37.3 Å². The SMILES string of the molecule is CCC(C)CCCCCCCCCCCCCCCCC(=O)OC[C@H](COP(=O)(O)OCC(O)COP(=O)(O)OC[C@@H](COC(=O)CCCCCCCCCC(C)C)OC(=O)CCCCCCCCCCC(C)CC)OC(=O)CCCCCCCCCCCCCC(C)C. The van der Waals surface area contributed by atoms with Crippen LogP contribution in [0.1, 0.15) is 376 Å². The van der Waals surface area contributed by atoms with E-state index in [0.717, 1.165) is 114 Å². The molecule has 0 saturated heterocycles. The van der Waals surface area contributed by atoms with Crippen molar-refractivity contribution in [3.05, 3.63) is 0 Å². The van der Waals surface area contributed by atoms with Crippen LogP contribution in [0.15, 0.2) is 0 Å². The summed E-state index contributed by atoms with van der Waals surface area (Å²) in [5.74, 6) is 0.966. The van der Waals surface area contributed by atoms with E-state index in [1.807, 2.05) is 0 Å². The number of unbranched alkanes of at least 4 members (excludes halogenated alkanes) is 36. The molecule has 17 nitrogen and oxygen atoms in total. The predicted molar refractivity (Wildman–Crippen MR) is 381 cm³/mol. The van der Waals surface area contributed by atoms with Gasteiger partial charge in [-0.1, -0.05) is 325 Å². The Balaban J connectivity index is 5.24. The molecule has 0 amide bonds. The molecule has 7 atom stereocenters. The standard InChI is InChI=1S/C75H146O17P2/c1-9-67(7)53-45-37-29-21-17-13-11-12-14-18-22-31-39-47-55-72(77)85-61-70(91-74(79)57-49-41-32-23-19-15-16-20-27-35-43-51-65(3)4)63-89-93(81,82)87-59-69(76)60-88-94(83,84)90-64-71(62-86-73(78)56-48-40-34-26-28-36-44-52-66(5)6)92-75(80)58-50-42-33-25-24-30-38-46-54-68(8)10-2/h65-71,76H,9-64H2,1-8H3,(H,81,82)(H,83,84)/t67?,68?,69?,70-,71-/m1/s1. The normalized spacial score (nSPS) is 14.7. The van der Waals surface area contributed by atoms with Gasteiger partial charge in [0.15, 0.2) is 12.2 Å².